The average molecular weight is 425 g/mol. The molecule has 1 aromatic heterocycles. The SMILES string of the molecule is Cc1ccc(CNC(=O)C(CCS(C)(=O)=O)NC(=O)OCc2ccccc2)s1. The highest BCUT2D eigenvalue weighted by molar-refractivity contribution is 7.90. The van der Waals surface area contributed by atoms with Crippen LogP contribution in [0.15, 0.2) is 42.5 Å². The van der Waals surface area contributed by atoms with Crippen LogP contribution in [0.2, 0.25) is 0 Å². The van der Waals surface area contributed by atoms with E-state index in [9.17, 15) is 18.0 Å². The van der Waals surface area contributed by atoms with Gasteiger partial charge in [-0.05, 0) is 31.0 Å². The van der Waals surface area contributed by atoms with Crippen molar-refractivity contribution in [1.29, 1.82) is 0 Å². The lowest BCUT2D eigenvalue weighted by atomic mass is 10.2. The van der Waals surface area contributed by atoms with E-state index in [2.05, 4.69) is 10.6 Å². The van der Waals surface area contributed by atoms with Gasteiger partial charge in [0, 0.05) is 16.0 Å². The average Bonchev–Trinajstić information content (AvgIpc) is 3.07. The molecule has 0 bridgehead atoms. The number of carbonyl (C=O) groups excluding carboxylic acids is 2. The molecule has 0 spiro atoms. The first kappa shape index (κ1) is 21.9. The molecular weight excluding hydrogens is 400 g/mol. The van der Waals surface area contributed by atoms with E-state index in [4.69, 9.17) is 4.74 Å². The Labute approximate surface area is 169 Å². The number of thiophene rings is 1. The molecule has 0 aliphatic carbocycles. The first-order valence-electron chi connectivity index (χ1n) is 8.71. The number of sulfone groups is 1. The Kier molecular flexibility index (Phi) is 8.01. The fourth-order valence-corrected chi connectivity index (χ4v) is 3.88. The molecule has 28 heavy (non-hydrogen) atoms. The number of carbonyl (C=O) groups is 2. The Morgan fingerprint density at radius 1 is 1.14 bits per heavy atom. The van der Waals surface area contributed by atoms with Crippen molar-refractivity contribution in [3.8, 4) is 0 Å². The largest absolute Gasteiger partial charge is 0.445 e. The Morgan fingerprint density at radius 3 is 2.46 bits per heavy atom. The molecule has 0 saturated carbocycles. The monoisotopic (exact) mass is 424 g/mol. The summed E-state index contributed by atoms with van der Waals surface area (Å²) in [5.74, 6) is -0.673. The van der Waals surface area contributed by atoms with Crippen LogP contribution in [0.1, 0.15) is 21.7 Å². The second-order valence-electron chi connectivity index (χ2n) is 6.41. The van der Waals surface area contributed by atoms with Crippen molar-refractivity contribution in [2.24, 2.45) is 0 Å². The first-order chi connectivity index (χ1) is 13.2. The minimum Gasteiger partial charge on any atom is -0.445 e. The van der Waals surface area contributed by atoms with Crippen molar-refractivity contribution >= 4 is 33.2 Å². The number of hydrogen-bond donors (Lipinski definition) is 2. The maximum atomic E-state index is 12.5. The number of aryl methyl sites for hydroxylation is 1. The lowest BCUT2D eigenvalue weighted by Gasteiger charge is -2.18. The summed E-state index contributed by atoms with van der Waals surface area (Å²) in [4.78, 5) is 26.6. The number of rotatable bonds is 9. The van der Waals surface area contributed by atoms with E-state index in [1.807, 2.05) is 49.4 Å². The Morgan fingerprint density at radius 2 is 1.86 bits per heavy atom. The van der Waals surface area contributed by atoms with Crippen LogP contribution in [0.4, 0.5) is 4.79 Å². The van der Waals surface area contributed by atoms with Crippen molar-refractivity contribution < 1.29 is 22.7 Å². The summed E-state index contributed by atoms with van der Waals surface area (Å²) in [6, 6.07) is 12.0. The molecule has 0 aliphatic rings. The Bertz CT molecular complexity index is 894. The fourth-order valence-electron chi connectivity index (χ4n) is 2.39. The van der Waals surface area contributed by atoms with Crippen molar-refractivity contribution in [2.75, 3.05) is 12.0 Å². The van der Waals surface area contributed by atoms with Crippen LogP contribution < -0.4 is 10.6 Å². The highest BCUT2D eigenvalue weighted by atomic mass is 32.2. The van der Waals surface area contributed by atoms with Gasteiger partial charge in [-0.25, -0.2) is 13.2 Å². The molecule has 7 nitrogen and oxygen atoms in total. The normalized spacial score (nSPS) is 12.2. The summed E-state index contributed by atoms with van der Waals surface area (Å²) in [5.41, 5.74) is 0.808. The molecular formula is C19H24N2O5S2. The first-order valence-corrected chi connectivity index (χ1v) is 11.6. The topological polar surface area (TPSA) is 102 Å². The van der Waals surface area contributed by atoms with E-state index in [1.165, 1.54) is 0 Å². The number of ether oxygens (including phenoxy) is 1. The minimum absolute atomic E-state index is 0.0332. The number of benzene rings is 1. The number of amides is 2. The van der Waals surface area contributed by atoms with E-state index in [-0.39, 0.29) is 18.8 Å². The standard InChI is InChI=1S/C19H24N2O5S2/c1-14-8-9-16(27-14)12-20-18(22)17(10-11-28(2,24)25)21-19(23)26-13-15-6-4-3-5-7-15/h3-9,17H,10-13H2,1-2H3,(H,20,22)(H,21,23). The van der Waals surface area contributed by atoms with E-state index >= 15 is 0 Å². The van der Waals surface area contributed by atoms with Crippen molar-refractivity contribution in [2.45, 2.75) is 32.5 Å². The maximum Gasteiger partial charge on any atom is 0.408 e. The van der Waals surface area contributed by atoms with E-state index < -0.39 is 27.9 Å². The quantitative estimate of drug-likeness (QED) is 0.644. The molecule has 1 aromatic carbocycles. The molecule has 2 amide bonds. The fraction of sp³-hybridized carbons (Fsp3) is 0.368. The molecule has 1 atom stereocenters. The summed E-state index contributed by atoms with van der Waals surface area (Å²) in [6.45, 7) is 2.34. The van der Waals surface area contributed by atoms with Crippen molar-refractivity contribution in [3.05, 3.63) is 57.8 Å². The smallest absolute Gasteiger partial charge is 0.408 e. The molecule has 0 radical (unpaired) electrons. The number of alkyl carbamates (subject to hydrolysis) is 1. The molecule has 1 unspecified atom stereocenters. The van der Waals surface area contributed by atoms with Gasteiger partial charge in [0.15, 0.2) is 0 Å². The zero-order valence-corrected chi connectivity index (χ0v) is 17.4. The minimum atomic E-state index is -3.28. The van der Waals surface area contributed by atoms with Crippen molar-refractivity contribution in [1.82, 2.24) is 10.6 Å². The van der Waals surface area contributed by atoms with Crippen LogP contribution in [-0.4, -0.2) is 38.5 Å². The molecule has 9 heteroatoms. The molecule has 152 valence electrons. The van der Waals surface area contributed by atoms with Crippen molar-refractivity contribution in [3.63, 3.8) is 0 Å². The van der Waals surface area contributed by atoms with Gasteiger partial charge in [-0.3, -0.25) is 4.79 Å². The van der Waals surface area contributed by atoms with Crippen LogP contribution >= 0.6 is 11.3 Å². The third kappa shape index (κ3) is 8.10. The van der Waals surface area contributed by atoms with Crippen LogP contribution in [-0.2, 0) is 32.5 Å². The summed E-state index contributed by atoms with van der Waals surface area (Å²) in [6.07, 6.45) is 0.281. The third-order valence-corrected chi connectivity index (χ3v) is 5.81. The molecule has 0 saturated heterocycles. The van der Waals surface area contributed by atoms with Crippen LogP contribution in [0, 0.1) is 6.92 Å². The second-order valence-corrected chi connectivity index (χ2v) is 10.0. The Balaban J connectivity index is 1.92. The number of nitrogens with one attached hydrogen (secondary N) is 2. The maximum absolute atomic E-state index is 12.5. The highest BCUT2D eigenvalue weighted by Crippen LogP contribution is 2.14. The summed E-state index contributed by atoms with van der Waals surface area (Å²) < 4.78 is 28.1. The second kappa shape index (κ2) is 10.2. The van der Waals surface area contributed by atoms with Gasteiger partial charge in [-0.15, -0.1) is 11.3 Å². The van der Waals surface area contributed by atoms with E-state index in [0.717, 1.165) is 21.6 Å². The highest BCUT2D eigenvalue weighted by Gasteiger charge is 2.23. The zero-order chi connectivity index (χ0) is 20.6. The third-order valence-electron chi connectivity index (χ3n) is 3.83. The van der Waals surface area contributed by atoms with E-state index in [0.29, 0.717) is 6.54 Å². The molecule has 0 aliphatic heterocycles. The van der Waals surface area contributed by atoms with Gasteiger partial charge in [0.25, 0.3) is 0 Å². The molecule has 0 fully saturated rings. The van der Waals surface area contributed by atoms with E-state index in [1.54, 1.807) is 11.3 Å². The number of hydrogen-bond acceptors (Lipinski definition) is 6. The Hall–Kier alpha value is -2.39. The van der Waals surface area contributed by atoms with Gasteiger partial charge in [0.05, 0.1) is 12.3 Å². The molecule has 1 heterocycles. The summed E-state index contributed by atoms with van der Waals surface area (Å²) in [7, 11) is -3.28. The van der Waals surface area contributed by atoms with Crippen LogP contribution in [0.3, 0.4) is 0 Å². The van der Waals surface area contributed by atoms with Gasteiger partial charge < -0.3 is 15.4 Å². The molecule has 2 N–H and O–H groups in total. The molecule has 2 aromatic rings. The van der Waals surface area contributed by atoms with Gasteiger partial charge in [0.2, 0.25) is 5.91 Å². The van der Waals surface area contributed by atoms with Crippen LogP contribution in [0.5, 0.6) is 0 Å². The summed E-state index contributed by atoms with van der Waals surface area (Å²) in [5, 5.41) is 5.20. The van der Waals surface area contributed by atoms with Gasteiger partial charge >= 0.3 is 6.09 Å². The lowest BCUT2D eigenvalue weighted by Crippen LogP contribution is -2.47. The predicted molar refractivity (Wildman–Crippen MR) is 109 cm³/mol. The lowest BCUT2D eigenvalue weighted by molar-refractivity contribution is -0.123. The van der Waals surface area contributed by atoms with Crippen LogP contribution in [0.25, 0.3) is 0 Å². The van der Waals surface area contributed by atoms with Gasteiger partial charge in [-0.2, -0.15) is 0 Å². The van der Waals surface area contributed by atoms with Gasteiger partial charge in [-0.1, -0.05) is 30.3 Å². The van der Waals surface area contributed by atoms with Gasteiger partial charge in [0.1, 0.15) is 22.5 Å². The molecule has 2 rings (SSSR count). The summed E-state index contributed by atoms with van der Waals surface area (Å²) >= 11 is 1.56. The zero-order valence-electron chi connectivity index (χ0n) is 15.8. The predicted octanol–water partition coefficient (Wildman–Crippen LogP) is 2.40.